The van der Waals surface area contributed by atoms with Crippen LogP contribution in [0, 0.1) is 10.1 Å². The van der Waals surface area contributed by atoms with Crippen LogP contribution in [0.4, 0.5) is 11.4 Å². The first-order chi connectivity index (χ1) is 8.51. The number of nitro groups is 1. The highest BCUT2D eigenvalue weighted by atomic mass is 35.5. The average molecular weight is 291 g/mol. The van der Waals surface area contributed by atoms with Gasteiger partial charge in [0.15, 0.2) is 0 Å². The Morgan fingerprint density at radius 1 is 1.61 bits per heavy atom. The number of para-hydroxylation sites is 1. The lowest BCUT2D eigenvalue weighted by molar-refractivity contribution is -0.384. The molecule has 1 aromatic carbocycles. The van der Waals surface area contributed by atoms with Gasteiger partial charge in [-0.1, -0.05) is 17.7 Å². The number of benzene rings is 1. The van der Waals surface area contributed by atoms with Crippen LogP contribution in [-0.2, 0) is 0 Å². The van der Waals surface area contributed by atoms with Gasteiger partial charge in [0.05, 0.1) is 16.6 Å². The van der Waals surface area contributed by atoms with E-state index in [1.807, 2.05) is 13.2 Å². The van der Waals surface area contributed by atoms with Crippen molar-refractivity contribution in [1.82, 2.24) is 0 Å². The number of rotatable bonds is 6. The third kappa shape index (κ3) is 3.51. The van der Waals surface area contributed by atoms with Crippen LogP contribution in [0.1, 0.15) is 6.92 Å². The quantitative estimate of drug-likeness (QED) is 0.622. The van der Waals surface area contributed by atoms with Crippen molar-refractivity contribution in [2.24, 2.45) is 0 Å². The molecule has 0 radical (unpaired) electrons. The maximum absolute atomic E-state index is 10.9. The zero-order valence-corrected chi connectivity index (χ0v) is 11.7. The first kappa shape index (κ1) is 15.1. The Bertz CT molecular complexity index is 427. The molecule has 100 valence electrons. The van der Waals surface area contributed by atoms with Gasteiger partial charge >= 0.3 is 0 Å². The second-order valence-corrected chi connectivity index (χ2v) is 5.26. The van der Waals surface area contributed by atoms with E-state index in [0.29, 0.717) is 10.7 Å². The Labute approximate surface area is 115 Å². The van der Waals surface area contributed by atoms with Crippen LogP contribution in [0.15, 0.2) is 18.2 Å². The fourth-order valence-electron chi connectivity index (χ4n) is 1.57. The molecular formula is C11H15ClN2O3S. The normalized spacial score (nSPS) is 14.0. The summed E-state index contributed by atoms with van der Waals surface area (Å²) < 4.78 is 0. The van der Waals surface area contributed by atoms with E-state index in [0.717, 1.165) is 0 Å². The first-order valence-corrected chi connectivity index (χ1v) is 7.01. The number of hydrogen-bond acceptors (Lipinski definition) is 5. The topological polar surface area (TPSA) is 75.4 Å². The van der Waals surface area contributed by atoms with E-state index >= 15 is 0 Å². The Balaban J connectivity index is 2.99. The van der Waals surface area contributed by atoms with Gasteiger partial charge in [-0.05, 0) is 19.2 Å². The zero-order chi connectivity index (χ0) is 13.7. The molecular weight excluding hydrogens is 276 g/mol. The number of thioether (sulfide) groups is 1. The summed E-state index contributed by atoms with van der Waals surface area (Å²) in [5.74, 6) is 0. The highest BCUT2D eigenvalue weighted by Crippen LogP contribution is 2.33. The Morgan fingerprint density at radius 3 is 2.78 bits per heavy atom. The molecule has 0 aliphatic rings. The van der Waals surface area contributed by atoms with Crippen LogP contribution in [0.25, 0.3) is 0 Å². The average Bonchev–Trinajstić information content (AvgIpc) is 2.33. The maximum Gasteiger partial charge on any atom is 0.293 e. The monoisotopic (exact) mass is 290 g/mol. The minimum atomic E-state index is -0.478. The highest BCUT2D eigenvalue weighted by molar-refractivity contribution is 7.99. The molecule has 18 heavy (non-hydrogen) atoms. The SMILES string of the molecule is CSC(CO)C(C)Nc1c(Cl)cccc1[N+](=O)[O-]. The van der Waals surface area contributed by atoms with Crippen molar-refractivity contribution in [3.8, 4) is 0 Å². The summed E-state index contributed by atoms with van der Waals surface area (Å²) in [5, 5.41) is 23.4. The lowest BCUT2D eigenvalue weighted by atomic mass is 10.2. The number of anilines is 1. The van der Waals surface area contributed by atoms with E-state index in [-0.39, 0.29) is 23.6 Å². The standard InChI is InChI=1S/C11H15ClN2O3S/c1-7(10(6-15)18-2)13-11-8(12)4-3-5-9(11)14(16)17/h3-5,7,10,13,15H,6H2,1-2H3. The van der Waals surface area contributed by atoms with Crippen molar-refractivity contribution < 1.29 is 10.0 Å². The molecule has 0 fully saturated rings. The van der Waals surface area contributed by atoms with E-state index in [2.05, 4.69) is 5.32 Å². The third-order valence-corrected chi connectivity index (χ3v) is 4.08. The molecule has 0 saturated carbocycles. The summed E-state index contributed by atoms with van der Waals surface area (Å²) in [5.41, 5.74) is 0.233. The van der Waals surface area contributed by atoms with Gasteiger partial charge in [0.1, 0.15) is 5.69 Å². The molecule has 1 rings (SSSR count). The van der Waals surface area contributed by atoms with E-state index in [1.165, 1.54) is 23.9 Å². The summed E-state index contributed by atoms with van der Waals surface area (Å²) in [6.45, 7) is 1.85. The summed E-state index contributed by atoms with van der Waals surface area (Å²) in [6.07, 6.45) is 1.88. The molecule has 2 atom stereocenters. The van der Waals surface area contributed by atoms with Crippen LogP contribution >= 0.6 is 23.4 Å². The number of nitrogens with zero attached hydrogens (tertiary/aromatic N) is 1. The molecule has 0 heterocycles. The second-order valence-electron chi connectivity index (χ2n) is 3.78. The molecule has 0 amide bonds. The molecule has 2 unspecified atom stereocenters. The lowest BCUT2D eigenvalue weighted by Gasteiger charge is -2.22. The fourth-order valence-corrected chi connectivity index (χ4v) is 2.41. The predicted octanol–water partition coefficient (Wildman–Crippen LogP) is 2.77. The maximum atomic E-state index is 10.9. The minimum absolute atomic E-state index is 0.00637. The largest absolute Gasteiger partial charge is 0.395 e. The number of aliphatic hydroxyl groups is 1. The predicted molar refractivity (Wildman–Crippen MR) is 75.6 cm³/mol. The van der Waals surface area contributed by atoms with Crippen molar-refractivity contribution in [2.45, 2.75) is 18.2 Å². The molecule has 2 N–H and O–H groups in total. The van der Waals surface area contributed by atoms with E-state index in [9.17, 15) is 15.2 Å². The summed E-state index contributed by atoms with van der Waals surface area (Å²) in [4.78, 5) is 10.4. The third-order valence-electron chi connectivity index (χ3n) is 2.60. The van der Waals surface area contributed by atoms with E-state index in [1.54, 1.807) is 6.07 Å². The molecule has 0 aromatic heterocycles. The zero-order valence-electron chi connectivity index (χ0n) is 10.1. The first-order valence-electron chi connectivity index (χ1n) is 5.34. The number of aliphatic hydroxyl groups excluding tert-OH is 1. The number of nitrogens with one attached hydrogen (secondary N) is 1. The van der Waals surface area contributed by atoms with Crippen molar-refractivity contribution in [2.75, 3.05) is 18.2 Å². The van der Waals surface area contributed by atoms with E-state index < -0.39 is 4.92 Å². The number of halogens is 1. The molecule has 0 aliphatic carbocycles. The van der Waals surface area contributed by atoms with Gasteiger partial charge in [0, 0.05) is 17.4 Å². The molecule has 5 nitrogen and oxygen atoms in total. The Morgan fingerprint density at radius 2 is 2.28 bits per heavy atom. The molecule has 7 heteroatoms. The smallest absolute Gasteiger partial charge is 0.293 e. The van der Waals surface area contributed by atoms with Crippen molar-refractivity contribution in [1.29, 1.82) is 0 Å². The summed E-state index contributed by atoms with van der Waals surface area (Å²) in [6, 6.07) is 4.39. The molecule has 0 saturated heterocycles. The van der Waals surface area contributed by atoms with Gasteiger partial charge in [-0.15, -0.1) is 0 Å². The fraction of sp³-hybridized carbons (Fsp3) is 0.455. The lowest BCUT2D eigenvalue weighted by Crippen LogP contribution is -2.31. The van der Waals surface area contributed by atoms with E-state index in [4.69, 9.17) is 11.6 Å². The molecule has 0 aliphatic heterocycles. The molecule has 0 bridgehead atoms. The number of nitro benzene ring substituents is 1. The Hall–Kier alpha value is -0.980. The molecule has 1 aromatic rings. The summed E-state index contributed by atoms with van der Waals surface area (Å²) in [7, 11) is 0. The van der Waals surface area contributed by atoms with Gasteiger partial charge in [-0.25, -0.2) is 0 Å². The van der Waals surface area contributed by atoms with Crippen molar-refractivity contribution in [3.05, 3.63) is 33.3 Å². The Kier molecular flexibility index (Phi) is 5.71. The van der Waals surface area contributed by atoms with Gasteiger partial charge in [0.2, 0.25) is 0 Å². The highest BCUT2D eigenvalue weighted by Gasteiger charge is 2.21. The van der Waals surface area contributed by atoms with Crippen LogP contribution < -0.4 is 5.32 Å². The van der Waals surface area contributed by atoms with Crippen molar-refractivity contribution >= 4 is 34.7 Å². The van der Waals surface area contributed by atoms with Crippen molar-refractivity contribution in [3.63, 3.8) is 0 Å². The van der Waals surface area contributed by atoms with Gasteiger partial charge in [-0.3, -0.25) is 10.1 Å². The van der Waals surface area contributed by atoms with Gasteiger partial charge < -0.3 is 10.4 Å². The minimum Gasteiger partial charge on any atom is -0.395 e. The van der Waals surface area contributed by atoms with Gasteiger partial charge in [-0.2, -0.15) is 11.8 Å². The molecule has 0 spiro atoms. The van der Waals surface area contributed by atoms with Crippen LogP contribution in [0.2, 0.25) is 5.02 Å². The van der Waals surface area contributed by atoms with Crippen LogP contribution in [-0.4, -0.2) is 34.2 Å². The van der Waals surface area contributed by atoms with Gasteiger partial charge in [0.25, 0.3) is 5.69 Å². The van der Waals surface area contributed by atoms with Crippen LogP contribution in [0.5, 0.6) is 0 Å². The van der Waals surface area contributed by atoms with Crippen LogP contribution in [0.3, 0.4) is 0 Å². The second kappa shape index (κ2) is 6.82. The number of hydrogen-bond donors (Lipinski definition) is 2. The summed E-state index contributed by atoms with van der Waals surface area (Å²) >= 11 is 7.46.